The Hall–Kier alpha value is -3.93. The van der Waals surface area contributed by atoms with Gasteiger partial charge in [-0.25, -0.2) is 0 Å². The minimum absolute atomic E-state index is 0.113. The summed E-state index contributed by atoms with van der Waals surface area (Å²) in [6.07, 6.45) is 60.8. The van der Waals surface area contributed by atoms with Gasteiger partial charge in [-0.3, -0.25) is 14.4 Å². The Morgan fingerprint density at radius 2 is 0.707 bits per heavy atom. The van der Waals surface area contributed by atoms with Crippen molar-refractivity contribution in [1.82, 2.24) is 0 Å². The summed E-state index contributed by atoms with van der Waals surface area (Å²) < 4.78 is 16.6. The van der Waals surface area contributed by atoms with E-state index >= 15 is 0 Å². The molecule has 0 amide bonds. The Kier molecular flexibility index (Phi) is 42.7. The first kappa shape index (κ1) is 54.1. The number of hydrogen-bond donors (Lipinski definition) is 0. The first-order valence-electron chi connectivity index (χ1n) is 22.9. The predicted octanol–water partition coefficient (Wildman–Crippen LogP) is 14.8. The molecule has 0 heterocycles. The predicted molar refractivity (Wildman–Crippen MR) is 247 cm³/mol. The first-order valence-corrected chi connectivity index (χ1v) is 22.9. The fraction of sp³-hybridized carbons (Fsp3) is 0.596. The van der Waals surface area contributed by atoms with E-state index in [0.717, 1.165) is 122 Å². The highest BCUT2D eigenvalue weighted by molar-refractivity contribution is 5.71. The molecule has 1 unspecified atom stereocenters. The van der Waals surface area contributed by atoms with Gasteiger partial charge in [0.25, 0.3) is 0 Å². The number of carbonyl (C=O) groups excluding carboxylic acids is 3. The number of esters is 3. The summed E-state index contributed by atoms with van der Waals surface area (Å²) in [5, 5.41) is 0. The van der Waals surface area contributed by atoms with Crippen LogP contribution in [0.5, 0.6) is 0 Å². The Bertz CT molecular complexity index is 1240. The van der Waals surface area contributed by atoms with E-state index in [1.807, 2.05) is 0 Å². The van der Waals surface area contributed by atoms with E-state index in [2.05, 4.69) is 130 Å². The maximum absolute atomic E-state index is 12.7. The smallest absolute Gasteiger partial charge is 0.306 e. The average Bonchev–Trinajstić information content (AvgIpc) is 3.22. The van der Waals surface area contributed by atoms with Crippen molar-refractivity contribution in [3.05, 3.63) is 109 Å². The summed E-state index contributed by atoms with van der Waals surface area (Å²) in [6.45, 7) is 6.17. The van der Waals surface area contributed by atoms with Crippen LogP contribution >= 0.6 is 0 Å². The third-order valence-corrected chi connectivity index (χ3v) is 9.06. The van der Waals surface area contributed by atoms with Crippen molar-refractivity contribution in [2.24, 2.45) is 0 Å². The highest BCUT2D eigenvalue weighted by Gasteiger charge is 2.19. The van der Waals surface area contributed by atoms with Gasteiger partial charge in [-0.15, -0.1) is 0 Å². The summed E-state index contributed by atoms with van der Waals surface area (Å²) in [6, 6.07) is 0. The molecule has 0 aliphatic carbocycles. The number of unbranched alkanes of at least 4 members (excludes halogenated alkanes) is 12. The van der Waals surface area contributed by atoms with Crippen molar-refractivity contribution in [3.63, 3.8) is 0 Å². The maximum atomic E-state index is 12.7. The molecule has 1 atom stereocenters. The fourth-order valence-corrected chi connectivity index (χ4v) is 5.70. The molecule has 0 saturated heterocycles. The molecule has 6 nitrogen and oxygen atoms in total. The number of ether oxygens (including phenoxy) is 3. The second kappa shape index (κ2) is 45.8. The van der Waals surface area contributed by atoms with Gasteiger partial charge in [-0.05, 0) is 103 Å². The zero-order valence-corrected chi connectivity index (χ0v) is 37.0. The van der Waals surface area contributed by atoms with Crippen LogP contribution in [0.2, 0.25) is 0 Å². The van der Waals surface area contributed by atoms with E-state index in [-0.39, 0.29) is 31.1 Å². The Morgan fingerprint density at radius 1 is 0.362 bits per heavy atom. The number of allylic oxidation sites excluding steroid dienone is 18. The van der Waals surface area contributed by atoms with Crippen LogP contribution < -0.4 is 0 Å². The Labute approximate surface area is 355 Å². The summed E-state index contributed by atoms with van der Waals surface area (Å²) in [5.41, 5.74) is 0. The minimum Gasteiger partial charge on any atom is -0.462 e. The van der Waals surface area contributed by atoms with Crippen LogP contribution in [0.3, 0.4) is 0 Å². The standard InChI is InChI=1S/C52H82O6/c1-4-7-10-13-16-19-21-23-25-27-28-30-33-36-39-42-45-51(54)57-48-49(47-56-50(53)44-41-38-35-32-18-15-12-9-6-3)58-52(55)46-43-40-37-34-31-29-26-24-22-20-17-14-11-8-5-2/h7-12,14,16-20,22-23,25,28,30,32,49H,4-6,13,15,21,24,26-27,29,31,33-48H2,1-3H3/b10-7-,11-8-,12-9-,17-14-,19-16-,22-20-,25-23-,30-28-,32-18-. The van der Waals surface area contributed by atoms with Crippen molar-refractivity contribution in [1.29, 1.82) is 0 Å². The number of rotatable bonds is 39. The summed E-state index contributed by atoms with van der Waals surface area (Å²) in [7, 11) is 0. The lowest BCUT2D eigenvalue weighted by Crippen LogP contribution is -2.30. The first-order chi connectivity index (χ1) is 28.5. The number of hydrogen-bond acceptors (Lipinski definition) is 6. The summed E-state index contributed by atoms with van der Waals surface area (Å²) >= 11 is 0. The van der Waals surface area contributed by atoms with Crippen molar-refractivity contribution in [2.75, 3.05) is 13.2 Å². The molecule has 0 fully saturated rings. The van der Waals surface area contributed by atoms with Crippen LogP contribution in [0.1, 0.15) is 181 Å². The lowest BCUT2D eigenvalue weighted by molar-refractivity contribution is -0.167. The molecule has 0 aliphatic rings. The molecule has 6 heteroatoms. The maximum Gasteiger partial charge on any atom is 0.306 e. The van der Waals surface area contributed by atoms with Gasteiger partial charge in [0.2, 0.25) is 0 Å². The van der Waals surface area contributed by atoms with E-state index in [0.29, 0.717) is 19.3 Å². The van der Waals surface area contributed by atoms with Crippen LogP contribution in [-0.4, -0.2) is 37.2 Å². The minimum atomic E-state index is -0.810. The molecule has 0 radical (unpaired) electrons. The van der Waals surface area contributed by atoms with E-state index in [1.165, 1.54) is 19.3 Å². The highest BCUT2D eigenvalue weighted by Crippen LogP contribution is 2.12. The lowest BCUT2D eigenvalue weighted by atomic mass is 10.1. The van der Waals surface area contributed by atoms with E-state index in [4.69, 9.17) is 14.2 Å². The lowest BCUT2D eigenvalue weighted by Gasteiger charge is -2.18. The molecular formula is C52H82O6. The second-order valence-corrected chi connectivity index (χ2v) is 14.6. The van der Waals surface area contributed by atoms with Crippen molar-refractivity contribution < 1.29 is 28.6 Å². The van der Waals surface area contributed by atoms with Crippen LogP contribution in [-0.2, 0) is 28.6 Å². The quantitative estimate of drug-likeness (QED) is 0.0202. The van der Waals surface area contributed by atoms with Crippen LogP contribution in [0.4, 0.5) is 0 Å². The van der Waals surface area contributed by atoms with Crippen molar-refractivity contribution in [2.45, 2.75) is 187 Å². The molecule has 0 aromatic carbocycles. The van der Waals surface area contributed by atoms with E-state index in [1.54, 1.807) is 0 Å². The fourth-order valence-electron chi connectivity index (χ4n) is 5.70. The Balaban J connectivity index is 4.48. The van der Waals surface area contributed by atoms with Crippen LogP contribution in [0.15, 0.2) is 109 Å². The molecule has 0 aromatic heterocycles. The second-order valence-electron chi connectivity index (χ2n) is 14.6. The van der Waals surface area contributed by atoms with Crippen molar-refractivity contribution >= 4 is 17.9 Å². The topological polar surface area (TPSA) is 78.9 Å². The molecule has 0 N–H and O–H groups in total. The molecule has 0 aromatic rings. The Morgan fingerprint density at radius 3 is 1.21 bits per heavy atom. The SMILES string of the molecule is CC\C=C/C=C\C=C/CCCCCCCCCC(=O)OC(COC(=O)CCCC/C=C\C/C=C\CC)COC(=O)CCCCC/C=C\C/C=C\C/C=C\C/C=C\CC. The van der Waals surface area contributed by atoms with Gasteiger partial charge in [-0.1, -0.05) is 169 Å². The van der Waals surface area contributed by atoms with Crippen molar-refractivity contribution in [3.8, 4) is 0 Å². The summed E-state index contributed by atoms with van der Waals surface area (Å²) in [4.78, 5) is 37.7. The highest BCUT2D eigenvalue weighted by atomic mass is 16.6. The molecule has 0 aliphatic heterocycles. The normalized spacial score (nSPS) is 13.1. The van der Waals surface area contributed by atoms with E-state index < -0.39 is 6.10 Å². The number of carbonyl (C=O) groups is 3. The van der Waals surface area contributed by atoms with Gasteiger partial charge in [0.1, 0.15) is 13.2 Å². The third kappa shape index (κ3) is 43.2. The molecule has 326 valence electrons. The van der Waals surface area contributed by atoms with E-state index in [9.17, 15) is 14.4 Å². The van der Waals surface area contributed by atoms with Crippen LogP contribution in [0.25, 0.3) is 0 Å². The van der Waals surface area contributed by atoms with Gasteiger partial charge in [0.05, 0.1) is 0 Å². The van der Waals surface area contributed by atoms with Gasteiger partial charge in [0.15, 0.2) is 6.10 Å². The molecule has 0 saturated carbocycles. The summed E-state index contributed by atoms with van der Waals surface area (Å²) in [5.74, 6) is -1.00. The molecule has 0 rings (SSSR count). The zero-order chi connectivity index (χ0) is 42.3. The average molecular weight is 803 g/mol. The van der Waals surface area contributed by atoms with Crippen LogP contribution in [0, 0.1) is 0 Å². The van der Waals surface area contributed by atoms with Gasteiger partial charge >= 0.3 is 17.9 Å². The molecular weight excluding hydrogens is 721 g/mol. The van der Waals surface area contributed by atoms with Gasteiger partial charge < -0.3 is 14.2 Å². The third-order valence-electron chi connectivity index (χ3n) is 9.06. The van der Waals surface area contributed by atoms with Gasteiger partial charge in [0, 0.05) is 19.3 Å². The molecule has 0 bridgehead atoms. The zero-order valence-electron chi connectivity index (χ0n) is 37.0. The monoisotopic (exact) mass is 803 g/mol. The molecule has 0 spiro atoms. The largest absolute Gasteiger partial charge is 0.462 e. The van der Waals surface area contributed by atoms with Gasteiger partial charge in [-0.2, -0.15) is 0 Å². The molecule has 58 heavy (non-hydrogen) atoms.